The number of amides is 1. The van der Waals surface area contributed by atoms with Crippen molar-refractivity contribution in [1.29, 1.82) is 0 Å². The Hall–Kier alpha value is -2.03. The molecule has 0 spiro atoms. The zero-order valence-corrected chi connectivity index (χ0v) is 12.5. The van der Waals surface area contributed by atoms with Crippen LogP contribution in [0.3, 0.4) is 0 Å². The highest BCUT2D eigenvalue weighted by atomic mass is 127. The van der Waals surface area contributed by atoms with Crippen LogP contribution in [0.5, 0.6) is 0 Å². The average molecular weight is 403 g/mol. The van der Waals surface area contributed by atoms with Gasteiger partial charge in [0.2, 0.25) is 0 Å². The highest BCUT2D eigenvalue weighted by Crippen LogP contribution is 2.20. The predicted octanol–water partition coefficient (Wildman–Crippen LogP) is 3.52. The summed E-state index contributed by atoms with van der Waals surface area (Å²) in [4.78, 5) is 23.1. The number of carboxylic acid groups (broad SMARTS) is 1. The van der Waals surface area contributed by atoms with Crippen LogP contribution in [0.2, 0.25) is 0 Å². The Morgan fingerprint density at radius 1 is 1.05 bits per heavy atom. The van der Waals surface area contributed by atoms with Gasteiger partial charge in [0.05, 0.1) is 16.8 Å². The molecule has 0 radical (unpaired) electrons. The minimum absolute atomic E-state index is 0.443. The summed E-state index contributed by atoms with van der Waals surface area (Å²) in [6.45, 7) is 0. The molecule has 7 heteroatoms. The van der Waals surface area contributed by atoms with Crippen molar-refractivity contribution in [3.8, 4) is 0 Å². The van der Waals surface area contributed by atoms with E-state index in [1.807, 2.05) is 22.6 Å². The van der Waals surface area contributed by atoms with Crippen LogP contribution >= 0.6 is 22.6 Å². The van der Waals surface area contributed by atoms with Gasteiger partial charge in [-0.25, -0.2) is 13.6 Å². The van der Waals surface area contributed by atoms with Crippen LogP contribution in [0, 0.1) is 15.2 Å². The molecule has 0 heterocycles. The highest BCUT2D eigenvalue weighted by Gasteiger charge is 2.21. The Kier molecular flexibility index (Phi) is 4.51. The molecule has 0 aliphatic heterocycles. The van der Waals surface area contributed by atoms with E-state index < -0.39 is 34.6 Å². The second kappa shape index (κ2) is 6.17. The summed E-state index contributed by atoms with van der Waals surface area (Å²) in [5.74, 6) is -4.94. The van der Waals surface area contributed by atoms with Crippen molar-refractivity contribution in [1.82, 2.24) is 0 Å². The van der Waals surface area contributed by atoms with E-state index in [4.69, 9.17) is 5.11 Å². The normalized spacial score (nSPS) is 10.2. The molecule has 108 valence electrons. The molecule has 0 fully saturated rings. The Morgan fingerprint density at radius 3 is 2.19 bits per heavy atom. The molecule has 4 nitrogen and oxygen atoms in total. The van der Waals surface area contributed by atoms with E-state index >= 15 is 0 Å². The first-order valence-electron chi connectivity index (χ1n) is 5.68. The van der Waals surface area contributed by atoms with E-state index in [2.05, 4.69) is 5.32 Å². The number of para-hydroxylation sites is 1. The quantitative estimate of drug-likeness (QED) is 0.771. The van der Waals surface area contributed by atoms with E-state index in [0.717, 1.165) is 3.57 Å². The largest absolute Gasteiger partial charge is 0.478 e. The maximum absolute atomic E-state index is 13.3. The van der Waals surface area contributed by atoms with Crippen molar-refractivity contribution in [2.75, 3.05) is 5.32 Å². The number of carbonyl (C=O) groups excluding carboxylic acids is 1. The molecule has 0 saturated carbocycles. The maximum Gasteiger partial charge on any atom is 0.336 e. The summed E-state index contributed by atoms with van der Waals surface area (Å²) in [5, 5.41) is 11.4. The number of nitrogens with one attached hydrogen (secondary N) is 1. The van der Waals surface area contributed by atoms with Gasteiger partial charge in [-0.15, -0.1) is 0 Å². The third-order valence-electron chi connectivity index (χ3n) is 2.66. The monoisotopic (exact) mass is 403 g/mol. The number of carbonyl (C=O) groups is 2. The van der Waals surface area contributed by atoms with Crippen molar-refractivity contribution >= 4 is 40.2 Å². The van der Waals surface area contributed by atoms with E-state index in [9.17, 15) is 18.4 Å². The number of aromatic carboxylic acids is 1. The second-order valence-electron chi connectivity index (χ2n) is 4.05. The van der Waals surface area contributed by atoms with Crippen molar-refractivity contribution in [3.05, 3.63) is 62.7 Å². The molecule has 0 saturated heterocycles. The number of carboxylic acids is 1. The van der Waals surface area contributed by atoms with Crippen LogP contribution < -0.4 is 5.32 Å². The Bertz CT molecular complexity index is 734. The molecule has 0 bridgehead atoms. The zero-order chi connectivity index (χ0) is 15.6. The average Bonchev–Trinajstić information content (AvgIpc) is 2.43. The van der Waals surface area contributed by atoms with E-state index in [-0.39, 0.29) is 0 Å². The lowest BCUT2D eigenvalue weighted by atomic mass is 10.1. The third-order valence-corrected chi connectivity index (χ3v) is 3.60. The lowest BCUT2D eigenvalue weighted by Crippen LogP contribution is -2.18. The fourth-order valence-electron chi connectivity index (χ4n) is 1.66. The van der Waals surface area contributed by atoms with Gasteiger partial charge in [0.25, 0.3) is 5.91 Å². The molecule has 0 unspecified atom stereocenters. The molecule has 2 N–H and O–H groups in total. The van der Waals surface area contributed by atoms with Gasteiger partial charge >= 0.3 is 5.97 Å². The van der Waals surface area contributed by atoms with Gasteiger partial charge in [-0.3, -0.25) is 4.79 Å². The first-order chi connectivity index (χ1) is 9.90. The minimum Gasteiger partial charge on any atom is -0.478 e. The van der Waals surface area contributed by atoms with Crippen LogP contribution in [-0.4, -0.2) is 17.0 Å². The third kappa shape index (κ3) is 3.35. The number of hydrogen-bond donors (Lipinski definition) is 2. The topological polar surface area (TPSA) is 66.4 Å². The van der Waals surface area contributed by atoms with Gasteiger partial charge in [-0.05, 0) is 46.9 Å². The summed E-state index contributed by atoms with van der Waals surface area (Å²) in [6, 6.07) is 7.85. The van der Waals surface area contributed by atoms with Gasteiger partial charge in [0.15, 0.2) is 11.6 Å². The lowest BCUT2D eigenvalue weighted by molar-refractivity contribution is 0.0691. The molecule has 2 rings (SSSR count). The van der Waals surface area contributed by atoms with Gasteiger partial charge in [0, 0.05) is 3.57 Å². The number of hydrogen-bond acceptors (Lipinski definition) is 2. The molecular weight excluding hydrogens is 395 g/mol. The number of anilines is 1. The summed E-state index contributed by atoms with van der Waals surface area (Å²) >= 11 is 1.98. The van der Waals surface area contributed by atoms with Gasteiger partial charge < -0.3 is 10.4 Å². The number of halogens is 3. The van der Waals surface area contributed by atoms with Gasteiger partial charge in [-0.1, -0.05) is 12.1 Å². The molecular formula is C14H8F2INO3. The standard InChI is InChI=1S/C14H8F2INO3/c15-9-5-7(8(14(20)21)6-10(9)16)13(19)18-12-4-2-1-3-11(12)17/h1-6H,(H,18,19)(H,20,21). The van der Waals surface area contributed by atoms with Crippen LogP contribution in [0.4, 0.5) is 14.5 Å². The molecule has 0 aromatic heterocycles. The molecule has 2 aromatic rings. The lowest BCUT2D eigenvalue weighted by Gasteiger charge is -2.09. The fourth-order valence-corrected chi connectivity index (χ4v) is 2.19. The molecule has 0 aliphatic carbocycles. The van der Waals surface area contributed by atoms with E-state index in [1.165, 1.54) is 0 Å². The first-order valence-corrected chi connectivity index (χ1v) is 6.76. The van der Waals surface area contributed by atoms with Crippen LogP contribution in [0.25, 0.3) is 0 Å². The molecule has 1 amide bonds. The van der Waals surface area contributed by atoms with Crippen LogP contribution in [0.15, 0.2) is 36.4 Å². The predicted molar refractivity (Wildman–Crippen MR) is 80.4 cm³/mol. The molecule has 2 aromatic carbocycles. The molecule has 0 aliphatic rings. The molecule has 21 heavy (non-hydrogen) atoms. The van der Waals surface area contributed by atoms with Gasteiger partial charge in [0.1, 0.15) is 0 Å². The van der Waals surface area contributed by atoms with E-state index in [1.54, 1.807) is 24.3 Å². The number of benzene rings is 2. The Labute approximate surface area is 131 Å². The van der Waals surface area contributed by atoms with Crippen molar-refractivity contribution in [2.45, 2.75) is 0 Å². The van der Waals surface area contributed by atoms with Gasteiger partial charge in [-0.2, -0.15) is 0 Å². The summed E-state index contributed by atoms with van der Waals surface area (Å²) in [7, 11) is 0. The molecule has 0 atom stereocenters. The maximum atomic E-state index is 13.3. The fraction of sp³-hybridized carbons (Fsp3) is 0. The summed E-state index contributed by atoms with van der Waals surface area (Å²) in [6.07, 6.45) is 0. The summed E-state index contributed by atoms with van der Waals surface area (Å²) in [5.41, 5.74) is -0.595. The van der Waals surface area contributed by atoms with Crippen molar-refractivity contribution < 1.29 is 23.5 Å². The Morgan fingerprint density at radius 2 is 1.62 bits per heavy atom. The van der Waals surface area contributed by atoms with Crippen LogP contribution in [0.1, 0.15) is 20.7 Å². The first kappa shape index (κ1) is 15.4. The minimum atomic E-state index is -1.51. The van der Waals surface area contributed by atoms with Crippen LogP contribution in [-0.2, 0) is 0 Å². The smallest absolute Gasteiger partial charge is 0.336 e. The summed E-state index contributed by atoms with van der Waals surface area (Å²) < 4.78 is 27.1. The second-order valence-corrected chi connectivity index (χ2v) is 5.21. The van der Waals surface area contributed by atoms with Crippen molar-refractivity contribution in [2.24, 2.45) is 0 Å². The SMILES string of the molecule is O=C(O)c1cc(F)c(F)cc1C(=O)Nc1ccccc1I. The number of rotatable bonds is 3. The van der Waals surface area contributed by atoms with E-state index in [0.29, 0.717) is 17.8 Å². The van der Waals surface area contributed by atoms with Crippen molar-refractivity contribution in [3.63, 3.8) is 0 Å². The highest BCUT2D eigenvalue weighted by molar-refractivity contribution is 14.1. The Balaban J connectivity index is 2.42. The zero-order valence-electron chi connectivity index (χ0n) is 10.4.